The maximum absolute atomic E-state index is 13.7. The van der Waals surface area contributed by atoms with Crippen LogP contribution in [0.1, 0.15) is 31.2 Å². The molecule has 0 aliphatic carbocycles. The van der Waals surface area contributed by atoms with Crippen LogP contribution in [0.3, 0.4) is 0 Å². The molecule has 2 saturated heterocycles. The van der Waals surface area contributed by atoms with E-state index >= 15 is 0 Å². The molecule has 0 atom stereocenters. The number of methoxy groups -OCH3 is 1. The van der Waals surface area contributed by atoms with Crippen LogP contribution in [0.5, 0.6) is 0 Å². The fourth-order valence-electron chi connectivity index (χ4n) is 4.38. The minimum atomic E-state index is -0.623. The van der Waals surface area contributed by atoms with Crippen molar-refractivity contribution in [3.05, 3.63) is 48.6 Å². The van der Waals surface area contributed by atoms with Gasteiger partial charge in [0.2, 0.25) is 11.8 Å². The summed E-state index contributed by atoms with van der Waals surface area (Å²) in [6, 6.07) is 9.90. The largest absolute Gasteiger partial charge is 0.453 e. The number of alkyl carbamates (subject to hydrolysis) is 1. The first kappa shape index (κ1) is 20.9. The summed E-state index contributed by atoms with van der Waals surface area (Å²) in [5.41, 5.74) is 0.382. The lowest BCUT2D eigenvalue weighted by Crippen LogP contribution is -2.56. The maximum Gasteiger partial charge on any atom is 0.407 e. The van der Waals surface area contributed by atoms with Crippen LogP contribution in [0.15, 0.2) is 43.0 Å². The topological polar surface area (TPSA) is 79.0 Å². The predicted molar refractivity (Wildman–Crippen MR) is 109 cm³/mol. The van der Waals surface area contributed by atoms with E-state index in [0.717, 1.165) is 5.56 Å². The van der Waals surface area contributed by atoms with E-state index in [0.29, 0.717) is 51.9 Å². The lowest BCUT2D eigenvalue weighted by atomic mass is 9.71. The summed E-state index contributed by atoms with van der Waals surface area (Å²) in [4.78, 5) is 40.8. The van der Waals surface area contributed by atoms with Gasteiger partial charge in [-0.15, -0.1) is 0 Å². The third kappa shape index (κ3) is 4.44. The molecular formula is C22H29N3O4. The molecule has 1 aromatic rings. The summed E-state index contributed by atoms with van der Waals surface area (Å²) in [5, 5.41) is 2.82. The van der Waals surface area contributed by atoms with Gasteiger partial charge in [0.15, 0.2) is 0 Å². The van der Waals surface area contributed by atoms with Gasteiger partial charge in [0.05, 0.1) is 12.5 Å². The van der Waals surface area contributed by atoms with Crippen molar-refractivity contribution in [3.63, 3.8) is 0 Å². The highest BCUT2D eigenvalue weighted by molar-refractivity contribution is 5.90. The quantitative estimate of drug-likeness (QED) is 0.787. The first-order valence-electron chi connectivity index (χ1n) is 10.1. The summed E-state index contributed by atoms with van der Waals surface area (Å²) in [7, 11) is 1.35. The lowest BCUT2D eigenvalue weighted by Gasteiger charge is -2.44. The maximum atomic E-state index is 13.7. The molecule has 7 heteroatoms. The Hall–Kier alpha value is -2.83. The Kier molecular flexibility index (Phi) is 6.56. The second-order valence-corrected chi connectivity index (χ2v) is 7.68. The monoisotopic (exact) mass is 399 g/mol. The normalized spacial score (nSPS) is 19.3. The molecule has 2 aliphatic heterocycles. The van der Waals surface area contributed by atoms with Gasteiger partial charge in [-0.2, -0.15) is 0 Å². The van der Waals surface area contributed by atoms with Gasteiger partial charge in [0.1, 0.15) is 0 Å². The number of nitrogens with zero attached hydrogens (tertiary/aromatic N) is 2. The Morgan fingerprint density at radius 3 is 2.24 bits per heavy atom. The summed E-state index contributed by atoms with van der Waals surface area (Å²) in [5.74, 6) is 0.0275. The summed E-state index contributed by atoms with van der Waals surface area (Å²) in [6.07, 6.45) is 3.48. The third-order valence-corrected chi connectivity index (χ3v) is 6.13. The van der Waals surface area contributed by atoms with Crippen LogP contribution in [0, 0.1) is 0 Å². The van der Waals surface area contributed by atoms with Crippen molar-refractivity contribution in [2.45, 2.75) is 37.1 Å². The zero-order valence-electron chi connectivity index (χ0n) is 16.9. The number of likely N-dealkylation sites (tertiary alicyclic amines) is 2. The first-order chi connectivity index (χ1) is 14.0. The Morgan fingerprint density at radius 2 is 1.69 bits per heavy atom. The Bertz CT molecular complexity index is 749. The molecule has 156 valence electrons. The van der Waals surface area contributed by atoms with Crippen molar-refractivity contribution in [2.24, 2.45) is 0 Å². The molecule has 0 radical (unpaired) electrons. The van der Waals surface area contributed by atoms with Gasteiger partial charge >= 0.3 is 6.09 Å². The molecule has 2 heterocycles. The summed E-state index contributed by atoms with van der Waals surface area (Å²) >= 11 is 0. The molecule has 3 amide bonds. The number of rotatable bonds is 4. The van der Waals surface area contributed by atoms with Gasteiger partial charge in [-0.1, -0.05) is 36.9 Å². The van der Waals surface area contributed by atoms with Crippen LogP contribution in [0.25, 0.3) is 0 Å². The molecule has 2 aliphatic rings. The average Bonchev–Trinajstić information content (AvgIpc) is 2.79. The van der Waals surface area contributed by atoms with E-state index in [4.69, 9.17) is 0 Å². The highest BCUT2D eigenvalue weighted by Gasteiger charge is 2.46. The van der Waals surface area contributed by atoms with Crippen LogP contribution in [-0.4, -0.2) is 67.0 Å². The van der Waals surface area contributed by atoms with Crippen LogP contribution >= 0.6 is 0 Å². The Labute approximate surface area is 171 Å². The number of amides is 3. The number of hydrogen-bond donors (Lipinski definition) is 1. The van der Waals surface area contributed by atoms with E-state index in [1.165, 1.54) is 13.2 Å². The molecule has 1 aromatic carbocycles. The first-order valence-corrected chi connectivity index (χ1v) is 10.1. The van der Waals surface area contributed by atoms with E-state index in [9.17, 15) is 14.4 Å². The molecule has 29 heavy (non-hydrogen) atoms. The van der Waals surface area contributed by atoms with Gasteiger partial charge in [-0.3, -0.25) is 9.59 Å². The number of nitrogens with one attached hydrogen (secondary N) is 1. The minimum absolute atomic E-state index is 0.0197. The fraction of sp³-hybridized carbons (Fsp3) is 0.500. The fourth-order valence-corrected chi connectivity index (χ4v) is 4.38. The number of carbonyl (C=O) groups excluding carboxylic acids is 3. The zero-order valence-corrected chi connectivity index (χ0v) is 16.9. The molecule has 0 spiro atoms. The Balaban J connectivity index is 1.74. The number of piperidine rings is 2. The van der Waals surface area contributed by atoms with Crippen molar-refractivity contribution in [3.8, 4) is 0 Å². The standard InChI is InChI=1S/C22H29N3O4/c1-3-19(26)24-15-11-22(12-16-24,17-7-5-4-6-8-17)20(27)25-13-9-18(10-14-25)23-21(28)29-2/h3-8,18H,1,9-16H2,2H3,(H,23,28). The van der Waals surface area contributed by atoms with Gasteiger partial charge < -0.3 is 19.9 Å². The second-order valence-electron chi connectivity index (χ2n) is 7.68. The second kappa shape index (κ2) is 9.11. The van der Waals surface area contributed by atoms with Gasteiger partial charge in [-0.25, -0.2) is 4.79 Å². The molecular weight excluding hydrogens is 370 g/mol. The lowest BCUT2D eigenvalue weighted by molar-refractivity contribution is -0.142. The van der Waals surface area contributed by atoms with Crippen LogP contribution in [0.4, 0.5) is 4.79 Å². The van der Waals surface area contributed by atoms with Crippen molar-refractivity contribution < 1.29 is 19.1 Å². The van der Waals surface area contributed by atoms with Crippen LogP contribution < -0.4 is 5.32 Å². The van der Waals surface area contributed by atoms with Crippen molar-refractivity contribution in [1.82, 2.24) is 15.1 Å². The average molecular weight is 399 g/mol. The predicted octanol–water partition coefficient (Wildman–Crippen LogP) is 2.08. The number of benzene rings is 1. The Morgan fingerprint density at radius 1 is 1.07 bits per heavy atom. The molecule has 1 N–H and O–H groups in total. The van der Waals surface area contributed by atoms with Crippen molar-refractivity contribution in [1.29, 1.82) is 0 Å². The zero-order chi connectivity index (χ0) is 20.9. The molecule has 2 fully saturated rings. The number of hydrogen-bond acceptors (Lipinski definition) is 4. The summed E-state index contributed by atoms with van der Waals surface area (Å²) < 4.78 is 4.67. The molecule has 3 rings (SSSR count). The van der Waals surface area contributed by atoms with E-state index in [-0.39, 0.29) is 17.9 Å². The van der Waals surface area contributed by atoms with Crippen molar-refractivity contribution in [2.75, 3.05) is 33.3 Å². The van der Waals surface area contributed by atoms with Gasteiger partial charge in [0.25, 0.3) is 0 Å². The molecule has 0 saturated carbocycles. The number of carbonyl (C=O) groups is 3. The molecule has 0 aromatic heterocycles. The highest BCUT2D eigenvalue weighted by Crippen LogP contribution is 2.38. The third-order valence-electron chi connectivity index (χ3n) is 6.13. The van der Waals surface area contributed by atoms with E-state index in [2.05, 4.69) is 16.6 Å². The van der Waals surface area contributed by atoms with E-state index < -0.39 is 11.5 Å². The molecule has 0 unspecified atom stereocenters. The SMILES string of the molecule is C=CC(=O)N1CCC(C(=O)N2CCC(NC(=O)OC)CC2)(c2ccccc2)CC1. The highest BCUT2D eigenvalue weighted by atomic mass is 16.5. The molecule has 7 nitrogen and oxygen atoms in total. The number of ether oxygens (including phenoxy) is 1. The van der Waals surface area contributed by atoms with Crippen LogP contribution in [-0.2, 0) is 19.7 Å². The molecule has 0 bridgehead atoms. The van der Waals surface area contributed by atoms with E-state index in [1.54, 1.807) is 4.90 Å². The van der Waals surface area contributed by atoms with Crippen molar-refractivity contribution >= 4 is 17.9 Å². The van der Waals surface area contributed by atoms with E-state index in [1.807, 2.05) is 35.2 Å². The smallest absolute Gasteiger partial charge is 0.407 e. The summed E-state index contributed by atoms with van der Waals surface area (Å²) in [6.45, 7) is 5.82. The van der Waals surface area contributed by atoms with Crippen LogP contribution in [0.2, 0.25) is 0 Å². The minimum Gasteiger partial charge on any atom is -0.453 e. The van der Waals surface area contributed by atoms with Gasteiger partial charge in [-0.05, 0) is 37.3 Å². The van der Waals surface area contributed by atoms with Gasteiger partial charge in [0, 0.05) is 32.2 Å².